The van der Waals surface area contributed by atoms with Crippen molar-refractivity contribution in [3.63, 3.8) is 0 Å². The summed E-state index contributed by atoms with van der Waals surface area (Å²) in [6.45, 7) is 15.6. The maximum atomic E-state index is 12.6. The minimum atomic E-state index is 0.320. The van der Waals surface area contributed by atoms with Crippen LogP contribution in [-0.2, 0) is 4.79 Å². The van der Waals surface area contributed by atoms with Crippen LogP contribution in [0.3, 0.4) is 0 Å². The Hall–Kier alpha value is -0.610. The van der Waals surface area contributed by atoms with Crippen LogP contribution in [0.25, 0.3) is 0 Å². The number of likely N-dealkylation sites (tertiary alicyclic amines) is 1. The van der Waals surface area contributed by atoms with Gasteiger partial charge >= 0.3 is 0 Å². The lowest BCUT2D eigenvalue weighted by Crippen LogP contribution is -2.43. The Morgan fingerprint density at radius 3 is 2.38 bits per heavy atom. The smallest absolute Gasteiger partial charge is 0.236 e. The highest BCUT2D eigenvalue weighted by atomic mass is 16.2. The summed E-state index contributed by atoms with van der Waals surface area (Å²) in [6.07, 6.45) is 2.53. The van der Waals surface area contributed by atoms with Crippen molar-refractivity contribution in [2.24, 2.45) is 17.3 Å². The number of amides is 1. The third-order valence-electron chi connectivity index (χ3n) is 4.73. The minimum Gasteiger partial charge on any atom is -0.341 e. The van der Waals surface area contributed by atoms with Crippen LogP contribution < -0.4 is 5.32 Å². The Bertz CT molecular complexity index is 338. The SMILES string of the molecule is CC(C)CN(CC(C)C)C(=O)CN1CCC2(CCNC2)C1. The second kappa shape index (κ2) is 7.10. The highest BCUT2D eigenvalue weighted by molar-refractivity contribution is 5.78. The van der Waals surface area contributed by atoms with E-state index in [1.807, 2.05) is 0 Å². The number of nitrogens with zero attached hydrogens (tertiary/aromatic N) is 2. The molecule has 21 heavy (non-hydrogen) atoms. The summed E-state index contributed by atoms with van der Waals surface area (Å²) in [4.78, 5) is 17.1. The molecule has 1 N–H and O–H groups in total. The van der Waals surface area contributed by atoms with Crippen LogP contribution in [0.5, 0.6) is 0 Å². The van der Waals surface area contributed by atoms with Crippen molar-refractivity contribution in [1.29, 1.82) is 0 Å². The number of carbonyl (C=O) groups excluding carboxylic acids is 1. The summed E-state index contributed by atoms with van der Waals surface area (Å²) in [5, 5.41) is 3.48. The summed E-state index contributed by atoms with van der Waals surface area (Å²) >= 11 is 0. The largest absolute Gasteiger partial charge is 0.341 e. The van der Waals surface area contributed by atoms with Crippen molar-refractivity contribution in [2.75, 3.05) is 45.8 Å². The van der Waals surface area contributed by atoms with E-state index < -0.39 is 0 Å². The zero-order valence-corrected chi connectivity index (χ0v) is 14.3. The molecule has 0 bridgehead atoms. The van der Waals surface area contributed by atoms with Crippen molar-refractivity contribution in [2.45, 2.75) is 40.5 Å². The van der Waals surface area contributed by atoms with Gasteiger partial charge in [-0.15, -0.1) is 0 Å². The van der Waals surface area contributed by atoms with Crippen LogP contribution in [0, 0.1) is 17.3 Å². The zero-order valence-electron chi connectivity index (χ0n) is 14.3. The Balaban J connectivity index is 1.86. The molecule has 0 aromatic heterocycles. The van der Waals surface area contributed by atoms with Gasteiger partial charge in [-0.2, -0.15) is 0 Å². The van der Waals surface area contributed by atoms with Crippen molar-refractivity contribution in [3.8, 4) is 0 Å². The fraction of sp³-hybridized carbons (Fsp3) is 0.941. The molecule has 2 fully saturated rings. The van der Waals surface area contributed by atoms with E-state index in [0.29, 0.717) is 29.7 Å². The third kappa shape index (κ3) is 4.68. The highest BCUT2D eigenvalue weighted by Crippen LogP contribution is 2.35. The maximum absolute atomic E-state index is 12.6. The fourth-order valence-corrected chi connectivity index (χ4v) is 3.76. The van der Waals surface area contributed by atoms with E-state index in [1.54, 1.807) is 0 Å². The quantitative estimate of drug-likeness (QED) is 0.812. The molecule has 0 aliphatic carbocycles. The summed E-state index contributed by atoms with van der Waals surface area (Å²) in [5.74, 6) is 1.40. The van der Waals surface area contributed by atoms with E-state index in [1.165, 1.54) is 12.8 Å². The van der Waals surface area contributed by atoms with Crippen molar-refractivity contribution in [3.05, 3.63) is 0 Å². The van der Waals surface area contributed by atoms with Crippen LogP contribution >= 0.6 is 0 Å². The lowest BCUT2D eigenvalue weighted by molar-refractivity contribution is -0.133. The van der Waals surface area contributed by atoms with Gasteiger partial charge in [-0.1, -0.05) is 27.7 Å². The molecule has 0 aromatic carbocycles. The first-order valence-corrected chi connectivity index (χ1v) is 8.61. The van der Waals surface area contributed by atoms with E-state index in [2.05, 4.69) is 42.8 Å². The van der Waals surface area contributed by atoms with Gasteiger partial charge in [0, 0.05) is 26.2 Å². The lowest BCUT2D eigenvalue weighted by atomic mass is 9.87. The van der Waals surface area contributed by atoms with Crippen LogP contribution in [-0.4, -0.2) is 61.5 Å². The molecule has 2 rings (SSSR count). The summed E-state index contributed by atoms with van der Waals surface area (Å²) in [5.41, 5.74) is 0.460. The van der Waals surface area contributed by atoms with Crippen LogP contribution in [0.4, 0.5) is 0 Å². The van der Waals surface area contributed by atoms with Crippen LogP contribution in [0.1, 0.15) is 40.5 Å². The maximum Gasteiger partial charge on any atom is 0.236 e. The number of rotatable bonds is 6. The van der Waals surface area contributed by atoms with Crippen LogP contribution in [0.15, 0.2) is 0 Å². The molecule has 1 atom stereocenters. The van der Waals surface area contributed by atoms with Gasteiger partial charge in [-0.3, -0.25) is 9.69 Å². The standard InChI is InChI=1S/C17H33N3O/c1-14(2)9-20(10-15(3)4)16(21)11-19-8-6-17(13-19)5-7-18-12-17/h14-15,18H,5-13H2,1-4H3. The van der Waals surface area contributed by atoms with Crippen molar-refractivity contribution < 1.29 is 4.79 Å². The first kappa shape index (κ1) is 16.8. The second-order valence-electron chi connectivity index (χ2n) is 7.97. The molecule has 0 radical (unpaired) electrons. The first-order valence-electron chi connectivity index (χ1n) is 8.61. The summed E-state index contributed by atoms with van der Waals surface area (Å²) in [6, 6.07) is 0. The molecule has 2 saturated heterocycles. The van der Waals surface area contributed by atoms with E-state index in [9.17, 15) is 4.79 Å². The number of hydrogen-bond acceptors (Lipinski definition) is 3. The molecule has 1 amide bonds. The molecule has 4 heteroatoms. The third-order valence-corrected chi connectivity index (χ3v) is 4.73. The molecule has 2 heterocycles. The molecule has 0 saturated carbocycles. The van der Waals surface area contributed by atoms with Gasteiger partial charge < -0.3 is 10.2 Å². The predicted octanol–water partition coefficient (Wildman–Crippen LogP) is 1.81. The average molecular weight is 295 g/mol. The normalized spacial score (nSPS) is 26.4. The number of carbonyl (C=O) groups is 1. The van der Waals surface area contributed by atoms with E-state index >= 15 is 0 Å². The van der Waals surface area contributed by atoms with Crippen molar-refractivity contribution >= 4 is 5.91 Å². The minimum absolute atomic E-state index is 0.320. The van der Waals surface area contributed by atoms with Gasteiger partial charge in [-0.05, 0) is 43.2 Å². The van der Waals surface area contributed by atoms with Gasteiger partial charge in [0.15, 0.2) is 0 Å². The Morgan fingerprint density at radius 2 is 1.86 bits per heavy atom. The molecule has 0 aromatic rings. The Morgan fingerprint density at radius 1 is 1.19 bits per heavy atom. The average Bonchev–Trinajstić information content (AvgIpc) is 2.98. The molecule has 1 spiro atoms. The van der Waals surface area contributed by atoms with E-state index in [-0.39, 0.29) is 0 Å². The number of hydrogen-bond donors (Lipinski definition) is 1. The Kier molecular flexibility index (Phi) is 5.67. The molecule has 1 unspecified atom stereocenters. The topological polar surface area (TPSA) is 35.6 Å². The molecule has 2 aliphatic heterocycles. The van der Waals surface area contributed by atoms with Crippen LogP contribution in [0.2, 0.25) is 0 Å². The van der Waals surface area contributed by atoms with Gasteiger partial charge in [0.05, 0.1) is 6.54 Å². The first-order chi connectivity index (χ1) is 9.90. The fourth-order valence-electron chi connectivity index (χ4n) is 3.76. The molecule has 122 valence electrons. The summed E-state index contributed by atoms with van der Waals surface area (Å²) in [7, 11) is 0. The van der Waals surface area contributed by atoms with E-state index in [4.69, 9.17) is 0 Å². The van der Waals surface area contributed by atoms with Gasteiger partial charge in [0.2, 0.25) is 5.91 Å². The molecular formula is C17H33N3O. The molecule has 4 nitrogen and oxygen atoms in total. The monoisotopic (exact) mass is 295 g/mol. The predicted molar refractivity (Wildman–Crippen MR) is 87.2 cm³/mol. The molecular weight excluding hydrogens is 262 g/mol. The van der Waals surface area contributed by atoms with Gasteiger partial charge in [0.25, 0.3) is 0 Å². The van der Waals surface area contributed by atoms with Gasteiger partial charge in [-0.25, -0.2) is 0 Å². The summed E-state index contributed by atoms with van der Waals surface area (Å²) < 4.78 is 0. The second-order valence-corrected chi connectivity index (χ2v) is 7.97. The lowest BCUT2D eigenvalue weighted by Gasteiger charge is -2.29. The van der Waals surface area contributed by atoms with E-state index in [0.717, 1.165) is 39.3 Å². The highest BCUT2D eigenvalue weighted by Gasteiger charge is 2.40. The van der Waals surface area contributed by atoms with Crippen molar-refractivity contribution in [1.82, 2.24) is 15.1 Å². The zero-order chi connectivity index (χ0) is 15.5. The van der Waals surface area contributed by atoms with Gasteiger partial charge in [0.1, 0.15) is 0 Å². The number of nitrogens with one attached hydrogen (secondary N) is 1. The Labute approximate surface area is 130 Å². The molecule has 2 aliphatic rings.